The van der Waals surface area contributed by atoms with Crippen LogP contribution in [0.25, 0.3) is 0 Å². The quantitative estimate of drug-likeness (QED) is 0.634. The topological polar surface area (TPSA) is 66.6 Å². The van der Waals surface area contributed by atoms with E-state index in [1.54, 1.807) is 19.1 Å². The van der Waals surface area contributed by atoms with Crippen LogP contribution < -0.4 is 4.90 Å². The first-order valence-electron chi connectivity index (χ1n) is 6.54. The Kier molecular flexibility index (Phi) is 5.30. The van der Waals surface area contributed by atoms with Crippen LogP contribution >= 0.6 is 0 Å². The van der Waals surface area contributed by atoms with E-state index in [1.165, 1.54) is 6.07 Å². The predicted molar refractivity (Wildman–Crippen MR) is 76.5 cm³/mol. The number of nitrogens with zero attached hydrogens (tertiary/aromatic N) is 2. The molecule has 0 aromatic heterocycles. The van der Waals surface area contributed by atoms with E-state index in [-0.39, 0.29) is 5.69 Å². The van der Waals surface area contributed by atoms with Crippen LogP contribution in [-0.4, -0.2) is 23.6 Å². The van der Waals surface area contributed by atoms with E-state index >= 15 is 0 Å². The molecule has 2 atom stereocenters. The van der Waals surface area contributed by atoms with E-state index < -0.39 is 11.0 Å². The molecule has 19 heavy (non-hydrogen) atoms. The molecule has 5 nitrogen and oxygen atoms in total. The van der Waals surface area contributed by atoms with E-state index in [2.05, 4.69) is 13.8 Å². The molecular weight excluding hydrogens is 244 g/mol. The third-order valence-electron chi connectivity index (χ3n) is 3.37. The summed E-state index contributed by atoms with van der Waals surface area (Å²) in [6, 6.07) is 4.90. The number of aliphatic hydroxyl groups is 1. The third kappa shape index (κ3) is 3.92. The van der Waals surface area contributed by atoms with Crippen LogP contribution in [0.15, 0.2) is 18.2 Å². The van der Waals surface area contributed by atoms with Crippen LogP contribution in [-0.2, 0) is 0 Å². The van der Waals surface area contributed by atoms with E-state index in [9.17, 15) is 15.2 Å². The maximum atomic E-state index is 11.2. The maximum absolute atomic E-state index is 11.2. The average Bonchev–Trinajstić information content (AvgIpc) is 2.37. The summed E-state index contributed by atoms with van der Waals surface area (Å²) in [7, 11) is 1.86. The Labute approximate surface area is 114 Å². The first kappa shape index (κ1) is 15.4. The Morgan fingerprint density at radius 2 is 2.05 bits per heavy atom. The lowest BCUT2D eigenvalue weighted by Crippen LogP contribution is -2.24. The second-order valence-corrected chi connectivity index (χ2v) is 5.08. The molecule has 1 N–H and O–H groups in total. The highest BCUT2D eigenvalue weighted by Crippen LogP contribution is 2.31. The third-order valence-corrected chi connectivity index (χ3v) is 3.37. The molecule has 1 unspecified atom stereocenters. The highest BCUT2D eigenvalue weighted by atomic mass is 16.6. The normalized spacial score (nSPS) is 13.9. The SMILES string of the molecule is CCC(C)CN(C)c1ccc([C@@H](C)O)cc1[N+](=O)[O-]. The summed E-state index contributed by atoms with van der Waals surface area (Å²) in [5, 5.41) is 20.7. The van der Waals surface area contributed by atoms with Gasteiger partial charge in [-0.3, -0.25) is 10.1 Å². The van der Waals surface area contributed by atoms with E-state index in [0.717, 1.165) is 13.0 Å². The van der Waals surface area contributed by atoms with Crippen molar-refractivity contribution in [1.82, 2.24) is 0 Å². The number of nitro benzene ring substituents is 1. The van der Waals surface area contributed by atoms with Crippen LogP contribution in [0.2, 0.25) is 0 Å². The highest BCUT2D eigenvalue weighted by molar-refractivity contribution is 5.64. The summed E-state index contributed by atoms with van der Waals surface area (Å²) >= 11 is 0. The molecule has 0 bridgehead atoms. The van der Waals surface area contributed by atoms with Crippen LogP contribution in [0.5, 0.6) is 0 Å². The minimum Gasteiger partial charge on any atom is -0.389 e. The lowest BCUT2D eigenvalue weighted by Gasteiger charge is -2.23. The minimum atomic E-state index is -0.701. The minimum absolute atomic E-state index is 0.0456. The van der Waals surface area contributed by atoms with E-state index in [4.69, 9.17) is 0 Å². The van der Waals surface area contributed by atoms with Crippen molar-refractivity contribution in [3.8, 4) is 0 Å². The molecule has 5 heteroatoms. The molecule has 0 radical (unpaired) electrons. The molecule has 0 fully saturated rings. The zero-order valence-corrected chi connectivity index (χ0v) is 12.0. The van der Waals surface area contributed by atoms with Gasteiger partial charge in [0.2, 0.25) is 0 Å². The smallest absolute Gasteiger partial charge is 0.292 e. The molecule has 1 aromatic rings. The van der Waals surface area contributed by atoms with Crippen molar-refractivity contribution in [3.63, 3.8) is 0 Å². The van der Waals surface area contributed by atoms with Gasteiger partial charge in [0.25, 0.3) is 5.69 Å². The largest absolute Gasteiger partial charge is 0.389 e. The van der Waals surface area contributed by atoms with Crippen LogP contribution in [0.1, 0.15) is 38.9 Å². The van der Waals surface area contributed by atoms with Gasteiger partial charge in [0, 0.05) is 19.7 Å². The van der Waals surface area contributed by atoms with Crippen molar-refractivity contribution in [2.24, 2.45) is 5.92 Å². The fraction of sp³-hybridized carbons (Fsp3) is 0.571. The first-order chi connectivity index (χ1) is 8.86. The second kappa shape index (κ2) is 6.52. The summed E-state index contributed by atoms with van der Waals surface area (Å²) in [5.41, 5.74) is 1.20. The fourth-order valence-electron chi connectivity index (χ4n) is 1.96. The number of rotatable bonds is 6. The van der Waals surface area contributed by atoms with Gasteiger partial charge in [-0.05, 0) is 24.5 Å². The number of nitro groups is 1. The summed E-state index contributed by atoms with van der Waals surface area (Å²) in [6.07, 6.45) is 0.330. The van der Waals surface area contributed by atoms with Crippen molar-refractivity contribution in [2.75, 3.05) is 18.5 Å². The second-order valence-electron chi connectivity index (χ2n) is 5.08. The highest BCUT2D eigenvalue weighted by Gasteiger charge is 2.19. The van der Waals surface area contributed by atoms with Gasteiger partial charge >= 0.3 is 0 Å². The zero-order chi connectivity index (χ0) is 14.6. The molecular formula is C14H22N2O3. The number of aliphatic hydroxyl groups excluding tert-OH is 1. The van der Waals surface area contributed by atoms with Crippen LogP contribution in [0.3, 0.4) is 0 Å². The van der Waals surface area contributed by atoms with E-state index in [1.807, 2.05) is 11.9 Å². The lowest BCUT2D eigenvalue weighted by atomic mass is 10.1. The van der Waals surface area contributed by atoms with Crippen LogP contribution in [0, 0.1) is 16.0 Å². The molecule has 0 spiro atoms. The Bertz CT molecular complexity index is 446. The molecule has 0 amide bonds. The van der Waals surface area contributed by atoms with Gasteiger partial charge in [0.15, 0.2) is 0 Å². The van der Waals surface area contributed by atoms with Gasteiger partial charge in [0.1, 0.15) is 5.69 Å². The molecule has 0 heterocycles. The summed E-state index contributed by atoms with van der Waals surface area (Å²) < 4.78 is 0. The number of hydrogen-bond acceptors (Lipinski definition) is 4. The molecule has 0 aliphatic heterocycles. The van der Waals surface area contributed by atoms with Gasteiger partial charge in [0.05, 0.1) is 11.0 Å². The Morgan fingerprint density at radius 3 is 2.53 bits per heavy atom. The van der Waals surface area contributed by atoms with Crippen molar-refractivity contribution in [1.29, 1.82) is 0 Å². The van der Waals surface area contributed by atoms with Crippen LogP contribution in [0.4, 0.5) is 11.4 Å². The fourth-order valence-corrected chi connectivity index (χ4v) is 1.96. The van der Waals surface area contributed by atoms with Gasteiger partial charge in [-0.1, -0.05) is 26.3 Å². The Morgan fingerprint density at radius 1 is 1.42 bits per heavy atom. The standard InChI is InChI=1S/C14H22N2O3/c1-5-10(2)9-15(4)13-7-6-12(11(3)17)8-14(13)16(18)19/h6-8,10-11,17H,5,9H2,1-4H3/t10?,11-/m1/s1. The summed E-state index contributed by atoms with van der Waals surface area (Å²) in [4.78, 5) is 12.7. The van der Waals surface area contributed by atoms with Crippen molar-refractivity contribution in [2.45, 2.75) is 33.3 Å². The van der Waals surface area contributed by atoms with Gasteiger partial charge in [-0.15, -0.1) is 0 Å². The first-order valence-corrected chi connectivity index (χ1v) is 6.54. The molecule has 0 aliphatic carbocycles. The zero-order valence-electron chi connectivity index (χ0n) is 12.0. The van der Waals surface area contributed by atoms with Gasteiger partial charge in [-0.2, -0.15) is 0 Å². The average molecular weight is 266 g/mol. The molecule has 0 saturated heterocycles. The summed E-state index contributed by atoms with van der Waals surface area (Å²) in [5.74, 6) is 0.473. The maximum Gasteiger partial charge on any atom is 0.292 e. The molecule has 0 saturated carbocycles. The van der Waals surface area contributed by atoms with Crippen molar-refractivity contribution >= 4 is 11.4 Å². The van der Waals surface area contributed by atoms with Crippen molar-refractivity contribution < 1.29 is 10.0 Å². The predicted octanol–water partition coefficient (Wildman–Crippen LogP) is 3.13. The molecule has 106 valence electrons. The van der Waals surface area contributed by atoms with Crippen molar-refractivity contribution in [3.05, 3.63) is 33.9 Å². The summed E-state index contributed by atoms with van der Waals surface area (Å²) in [6.45, 7) is 6.59. The lowest BCUT2D eigenvalue weighted by molar-refractivity contribution is -0.384. The number of anilines is 1. The van der Waals surface area contributed by atoms with Gasteiger partial charge in [-0.25, -0.2) is 0 Å². The molecule has 1 aromatic carbocycles. The number of benzene rings is 1. The molecule has 0 aliphatic rings. The monoisotopic (exact) mass is 266 g/mol. The Balaban J connectivity index is 3.09. The number of hydrogen-bond donors (Lipinski definition) is 1. The Hall–Kier alpha value is -1.62. The van der Waals surface area contributed by atoms with E-state index in [0.29, 0.717) is 17.2 Å². The van der Waals surface area contributed by atoms with Gasteiger partial charge < -0.3 is 10.0 Å². The molecule has 1 rings (SSSR count).